The zero-order valence-corrected chi connectivity index (χ0v) is 16.3. The fourth-order valence-corrected chi connectivity index (χ4v) is 4.24. The second-order valence-corrected chi connectivity index (χ2v) is 7.72. The maximum Gasteiger partial charge on any atom is 0.222 e. The van der Waals surface area contributed by atoms with Crippen molar-refractivity contribution in [2.24, 2.45) is 0 Å². The van der Waals surface area contributed by atoms with E-state index in [1.165, 1.54) is 5.56 Å². The molecule has 0 unspecified atom stereocenters. The highest BCUT2D eigenvalue weighted by Gasteiger charge is 2.23. The Kier molecular flexibility index (Phi) is 5.74. The Morgan fingerprint density at radius 3 is 2.68 bits per heavy atom. The first-order valence-electron chi connectivity index (χ1n) is 10.4. The van der Waals surface area contributed by atoms with E-state index < -0.39 is 0 Å². The van der Waals surface area contributed by atoms with Crippen molar-refractivity contribution in [1.82, 2.24) is 20.0 Å². The van der Waals surface area contributed by atoms with E-state index in [0.717, 1.165) is 68.7 Å². The summed E-state index contributed by atoms with van der Waals surface area (Å²) in [5.74, 6) is 0.441. The summed E-state index contributed by atoms with van der Waals surface area (Å²) < 4.78 is 0. The van der Waals surface area contributed by atoms with Gasteiger partial charge in [0.15, 0.2) is 0 Å². The largest absolute Gasteiger partial charge is 0.343 e. The smallest absolute Gasteiger partial charge is 0.222 e. The molecule has 1 fully saturated rings. The Bertz CT molecular complexity index is 830. The lowest BCUT2D eigenvalue weighted by molar-refractivity contribution is -0.135. The van der Waals surface area contributed by atoms with Crippen molar-refractivity contribution in [2.45, 2.75) is 44.9 Å². The number of nitrogens with one attached hydrogen (secondary N) is 1. The third-order valence-electron chi connectivity index (χ3n) is 5.86. The molecule has 3 heterocycles. The lowest BCUT2D eigenvalue weighted by atomic mass is 10.0. The third kappa shape index (κ3) is 4.11. The number of aromatic amines is 1. The Morgan fingerprint density at radius 1 is 1.04 bits per heavy atom. The summed E-state index contributed by atoms with van der Waals surface area (Å²) in [6.45, 7) is 3.01. The Balaban J connectivity index is 1.32. The van der Waals surface area contributed by atoms with Crippen LogP contribution in [0.15, 0.2) is 30.3 Å². The monoisotopic (exact) mass is 380 g/mol. The zero-order chi connectivity index (χ0) is 19.3. The summed E-state index contributed by atoms with van der Waals surface area (Å²) in [7, 11) is 0. The molecule has 0 atom stereocenters. The molecule has 1 N–H and O–H groups in total. The van der Waals surface area contributed by atoms with Crippen LogP contribution in [0.3, 0.4) is 0 Å². The van der Waals surface area contributed by atoms with Gasteiger partial charge < -0.3 is 9.80 Å². The summed E-state index contributed by atoms with van der Waals surface area (Å²) in [5, 5.41) is 7.71. The fraction of sp³-hybridized carbons (Fsp3) is 0.500. The van der Waals surface area contributed by atoms with Gasteiger partial charge in [0.1, 0.15) is 0 Å². The molecule has 2 aliphatic rings. The zero-order valence-electron chi connectivity index (χ0n) is 16.3. The lowest BCUT2D eigenvalue weighted by Crippen LogP contribution is -2.37. The molecule has 6 nitrogen and oxygen atoms in total. The topological polar surface area (TPSA) is 69.3 Å². The maximum atomic E-state index is 12.7. The first-order valence-corrected chi connectivity index (χ1v) is 10.4. The van der Waals surface area contributed by atoms with Crippen molar-refractivity contribution in [1.29, 1.82) is 0 Å². The van der Waals surface area contributed by atoms with Gasteiger partial charge in [0, 0.05) is 62.3 Å². The van der Waals surface area contributed by atoms with Crippen molar-refractivity contribution < 1.29 is 9.59 Å². The number of piperidine rings is 1. The van der Waals surface area contributed by atoms with E-state index in [9.17, 15) is 9.59 Å². The SMILES string of the molecule is O=C1CCCCN1CCCC(=O)N1CCc2[nH]nc(-c3ccccc3)c2CC1. The van der Waals surface area contributed by atoms with E-state index in [1.807, 2.05) is 28.0 Å². The van der Waals surface area contributed by atoms with Crippen LogP contribution in [-0.4, -0.2) is 58.0 Å². The van der Waals surface area contributed by atoms with Crippen molar-refractivity contribution in [3.63, 3.8) is 0 Å². The molecule has 0 radical (unpaired) electrons. The van der Waals surface area contributed by atoms with E-state index in [-0.39, 0.29) is 11.8 Å². The van der Waals surface area contributed by atoms with Gasteiger partial charge in [-0.3, -0.25) is 14.7 Å². The van der Waals surface area contributed by atoms with Gasteiger partial charge in [-0.15, -0.1) is 0 Å². The van der Waals surface area contributed by atoms with Crippen molar-refractivity contribution in [3.8, 4) is 11.3 Å². The van der Waals surface area contributed by atoms with Crippen molar-refractivity contribution >= 4 is 11.8 Å². The number of carbonyl (C=O) groups excluding carboxylic acids is 2. The third-order valence-corrected chi connectivity index (χ3v) is 5.86. The minimum absolute atomic E-state index is 0.198. The van der Waals surface area contributed by atoms with Gasteiger partial charge in [0.05, 0.1) is 5.69 Å². The molecule has 0 spiro atoms. The molecule has 0 bridgehead atoms. The number of likely N-dealkylation sites (tertiary alicyclic amines) is 1. The Hall–Kier alpha value is -2.63. The summed E-state index contributed by atoms with van der Waals surface area (Å²) in [6, 6.07) is 10.2. The Morgan fingerprint density at radius 2 is 1.86 bits per heavy atom. The highest BCUT2D eigenvalue weighted by atomic mass is 16.2. The second kappa shape index (κ2) is 8.59. The first kappa shape index (κ1) is 18.7. The van der Waals surface area contributed by atoms with Crippen LogP contribution in [0.25, 0.3) is 11.3 Å². The summed E-state index contributed by atoms with van der Waals surface area (Å²) in [5.41, 5.74) is 4.51. The maximum absolute atomic E-state index is 12.7. The number of H-pyrrole nitrogens is 1. The van der Waals surface area contributed by atoms with Gasteiger partial charge in [-0.2, -0.15) is 5.10 Å². The number of fused-ring (bicyclic) bond motifs is 1. The van der Waals surface area contributed by atoms with Gasteiger partial charge >= 0.3 is 0 Å². The number of benzene rings is 1. The Labute approximate surface area is 165 Å². The van der Waals surface area contributed by atoms with Gasteiger partial charge in [-0.05, 0) is 25.7 Å². The van der Waals surface area contributed by atoms with Gasteiger partial charge in [-0.25, -0.2) is 0 Å². The van der Waals surface area contributed by atoms with Crippen molar-refractivity contribution in [2.75, 3.05) is 26.2 Å². The van der Waals surface area contributed by atoms with Crippen LogP contribution >= 0.6 is 0 Å². The minimum atomic E-state index is 0.198. The normalized spacial score (nSPS) is 17.4. The summed E-state index contributed by atoms with van der Waals surface area (Å²) in [4.78, 5) is 28.5. The highest BCUT2D eigenvalue weighted by molar-refractivity contribution is 5.78. The standard InChI is InChI=1S/C22H28N4O2/c27-20-9-4-5-13-25(20)14-6-10-21(28)26-15-11-18-19(12-16-26)23-24-22(18)17-7-2-1-3-8-17/h1-3,7-8H,4-6,9-16H2,(H,23,24). The van der Waals surface area contributed by atoms with Gasteiger partial charge in [0.2, 0.25) is 11.8 Å². The molecule has 0 saturated carbocycles. The van der Waals surface area contributed by atoms with Crippen LogP contribution in [0.5, 0.6) is 0 Å². The number of aromatic nitrogens is 2. The predicted molar refractivity (Wildman–Crippen MR) is 108 cm³/mol. The number of hydrogen-bond acceptors (Lipinski definition) is 3. The van der Waals surface area contributed by atoms with Crippen molar-refractivity contribution in [3.05, 3.63) is 41.6 Å². The molecule has 1 saturated heterocycles. The molecule has 4 rings (SSSR count). The molecule has 0 aliphatic carbocycles. The molecule has 1 aromatic carbocycles. The lowest BCUT2D eigenvalue weighted by Gasteiger charge is -2.27. The van der Waals surface area contributed by atoms with Crippen LogP contribution < -0.4 is 0 Å². The van der Waals surface area contributed by atoms with Crippen LogP contribution in [0.2, 0.25) is 0 Å². The van der Waals surface area contributed by atoms with Crippen LogP contribution in [-0.2, 0) is 22.4 Å². The molecule has 28 heavy (non-hydrogen) atoms. The quantitative estimate of drug-likeness (QED) is 0.867. The van der Waals surface area contributed by atoms with Gasteiger partial charge in [0.25, 0.3) is 0 Å². The van der Waals surface area contributed by atoms with E-state index >= 15 is 0 Å². The molecule has 2 aromatic rings. The fourth-order valence-electron chi connectivity index (χ4n) is 4.24. The number of hydrogen-bond donors (Lipinski definition) is 1. The average Bonchev–Trinajstić information content (AvgIpc) is 3.01. The average molecular weight is 380 g/mol. The molecule has 148 valence electrons. The summed E-state index contributed by atoms with van der Waals surface area (Å²) in [6.07, 6.45) is 5.65. The number of amides is 2. The number of carbonyl (C=O) groups is 2. The van der Waals surface area contributed by atoms with E-state index in [1.54, 1.807) is 0 Å². The molecular formula is C22H28N4O2. The summed E-state index contributed by atoms with van der Waals surface area (Å²) >= 11 is 0. The predicted octanol–water partition coefficient (Wildman–Crippen LogP) is 2.80. The van der Waals surface area contributed by atoms with E-state index in [2.05, 4.69) is 22.3 Å². The number of rotatable bonds is 5. The van der Waals surface area contributed by atoms with Crippen LogP contribution in [0.1, 0.15) is 43.4 Å². The molecule has 2 amide bonds. The van der Waals surface area contributed by atoms with Crippen LogP contribution in [0.4, 0.5) is 0 Å². The van der Waals surface area contributed by atoms with Crippen LogP contribution in [0, 0.1) is 0 Å². The molecule has 2 aliphatic heterocycles. The minimum Gasteiger partial charge on any atom is -0.343 e. The van der Waals surface area contributed by atoms with E-state index in [4.69, 9.17) is 0 Å². The molecule has 1 aromatic heterocycles. The van der Waals surface area contributed by atoms with E-state index in [0.29, 0.717) is 19.4 Å². The molecule has 6 heteroatoms. The number of nitrogens with zero attached hydrogens (tertiary/aromatic N) is 3. The molecular weight excluding hydrogens is 352 g/mol. The second-order valence-electron chi connectivity index (χ2n) is 7.72. The van der Waals surface area contributed by atoms with Gasteiger partial charge in [-0.1, -0.05) is 30.3 Å². The first-order chi connectivity index (χ1) is 13.7. The highest BCUT2D eigenvalue weighted by Crippen LogP contribution is 2.26.